The molecule has 3 aliphatic rings. The number of fused-ring (bicyclic) bond motifs is 2. The van der Waals surface area contributed by atoms with E-state index in [9.17, 15) is 14.4 Å². The van der Waals surface area contributed by atoms with E-state index in [0.717, 1.165) is 5.56 Å². The predicted octanol–water partition coefficient (Wildman–Crippen LogP) is 2.41. The largest absolute Gasteiger partial charge is 0.422 e. The number of benzene rings is 1. The van der Waals surface area contributed by atoms with E-state index < -0.39 is 40.1 Å². The first kappa shape index (κ1) is 18.9. The summed E-state index contributed by atoms with van der Waals surface area (Å²) in [6.07, 6.45) is 0. The molecule has 2 spiro atoms. The Morgan fingerprint density at radius 3 is 2.18 bits per heavy atom. The molecule has 0 radical (unpaired) electrons. The number of likely N-dealkylation sites (N-methyl/N-ethyl adjacent to an activating group) is 1. The number of hydrogen-bond acceptors (Lipinski definition) is 6. The quantitative estimate of drug-likeness (QED) is 0.589. The highest BCUT2D eigenvalue weighted by molar-refractivity contribution is 6.11. The molecular formula is C21H26N2O5. The lowest BCUT2D eigenvalue weighted by atomic mass is 9.56. The van der Waals surface area contributed by atoms with Crippen LogP contribution in [-0.2, 0) is 29.4 Å². The maximum absolute atomic E-state index is 13.5. The van der Waals surface area contributed by atoms with Crippen molar-refractivity contribution in [3.63, 3.8) is 0 Å². The van der Waals surface area contributed by atoms with Crippen LogP contribution in [0.4, 0.5) is 5.69 Å². The van der Waals surface area contributed by atoms with Crippen molar-refractivity contribution in [3.05, 3.63) is 29.8 Å². The second kappa shape index (κ2) is 5.35. The highest BCUT2D eigenvalue weighted by Crippen LogP contribution is 2.68. The van der Waals surface area contributed by atoms with E-state index in [-0.39, 0.29) is 5.91 Å². The molecule has 2 fully saturated rings. The van der Waals surface area contributed by atoms with Crippen molar-refractivity contribution in [2.24, 2.45) is 10.8 Å². The van der Waals surface area contributed by atoms with Crippen molar-refractivity contribution in [2.45, 2.75) is 58.9 Å². The third-order valence-electron chi connectivity index (χ3n) is 6.97. The van der Waals surface area contributed by atoms with Gasteiger partial charge in [-0.05, 0) is 19.5 Å². The first-order chi connectivity index (χ1) is 13.0. The topological polar surface area (TPSA) is 84.9 Å². The number of amides is 1. The Kier molecular flexibility index (Phi) is 3.61. The first-order valence-corrected chi connectivity index (χ1v) is 9.63. The molecule has 7 heteroatoms. The second-order valence-corrected chi connectivity index (χ2v) is 8.78. The molecule has 0 aliphatic carbocycles. The molecule has 1 aromatic rings. The smallest absolute Gasteiger partial charge is 0.329 e. The first-order valence-electron chi connectivity index (χ1n) is 9.63. The molecule has 150 valence electrons. The summed E-state index contributed by atoms with van der Waals surface area (Å²) >= 11 is 0. The number of nitrogens with one attached hydrogen (secondary N) is 1. The van der Waals surface area contributed by atoms with E-state index >= 15 is 0 Å². The Morgan fingerprint density at radius 1 is 1.04 bits per heavy atom. The average molecular weight is 386 g/mol. The summed E-state index contributed by atoms with van der Waals surface area (Å²) in [5.74, 6) is -2.86. The van der Waals surface area contributed by atoms with Crippen LogP contribution >= 0.6 is 0 Å². The molecule has 4 rings (SSSR count). The number of carbonyl (C=O) groups excluding carboxylic acids is 3. The number of rotatable bonds is 1. The third-order valence-corrected chi connectivity index (χ3v) is 6.97. The predicted molar refractivity (Wildman–Crippen MR) is 101 cm³/mol. The van der Waals surface area contributed by atoms with E-state index in [4.69, 9.17) is 9.47 Å². The molecule has 3 heterocycles. The lowest BCUT2D eigenvalue weighted by molar-refractivity contribution is -0.259. The average Bonchev–Trinajstić information content (AvgIpc) is 2.95. The van der Waals surface area contributed by atoms with Gasteiger partial charge in [-0.1, -0.05) is 39.0 Å². The van der Waals surface area contributed by atoms with Crippen molar-refractivity contribution in [2.75, 3.05) is 11.9 Å². The van der Waals surface area contributed by atoms with Crippen LogP contribution in [0, 0.1) is 10.8 Å². The maximum atomic E-state index is 13.5. The van der Waals surface area contributed by atoms with Crippen molar-refractivity contribution >= 4 is 23.5 Å². The molecule has 7 nitrogen and oxygen atoms in total. The summed E-state index contributed by atoms with van der Waals surface area (Å²) < 4.78 is 11.1. The summed E-state index contributed by atoms with van der Waals surface area (Å²) in [6, 6.07) is 6.83. The summed E-state index contributed by atoms with van der Waals surface area (Å²) in [7, 11) is 0. The third kappa shape index (κ3) is 1.76. The molecule has 2 unspecified atom stereocenters. The Balaban J connectivity index is 2.04. The number of anilines is 1. The highest BCUT2D eigenvalue weighted by Gasteiger charge is 2.82. The van der Waals surface area contributed by atoms with Gasteiger partial charge in [-0.25, -0.2) is 0 Å². The molecule has 1 amide bonds. The monoisotopic (exact) mass is 386 g/mol. The van der Waals surface area contributed by atoms with Gasteiger partial charge in [0.15, 0.2) is 5.41 Å². The normalized spacial score (nSPS) is 32.2. The van der Waals surface area contributed by atoms with Crippen LogP contribution < -0.4 is 5.32 Å². The van der Waals surface area contributed by atoms with E-state index in [1.807, 2.05) is 36.1 Å². The molecule has 0 bridgehead atoms. The Morgan fingerprint density at radius 2 is 1.61 bits per heavy atom. The number of ether oxygens (including phenoxy) is 2. The number of para-hydroxylation sites is 1. The lowest BCUT2D eigenvalue weighted by Crippen LogP contribution is -2.64. The standard InChI is InChI=1S/C21H26N2O5/c1-7-23-12(2)20(16(25)27-19(5,6)28-17(20)26)18(3,4)21(23)13-10-8-9-11-14(13)22-15(21)24/h8-12H,7H2,1-6H3,(H,22,24). The van der Waals surface area contributed by atoms with Gasteiger partial charge in [0.05, 0.1) is 0 Å². The zero-order chi connectivity index (χ0) is 20.7. The van der Waals surface area contributed by atoms with E-state index in [1.165, 1.54) is 13.8 Å². The van der Waals surface area contributed by atoms with Crippen LogP contribution in [0.2, 0.25) is 0 Å². The Labute approximate surface area is 164 Å². The van der Waals surface area contributed by atoms with Gasteiger partial charge in [0.1, 0.15) is 5.54 Å². The molecule has 28 heavy (non-hydrogen) atoms. The lowest BCUT2D eigenvalue weighted by Gasteiger charge is -2.48. The minimum absolute atomic E-state index is 0.241. The number of carbonyl (C=O) groups is 3. The zero-order valence-electron chi connectivity index (χ0n) is 17.1. The minimum Gasteiger partial charge on any atom is -0.422 e. The fraction of sp³-hybridized carbons (Fsp3) is 0.571. The van der Waals surface area contributed by atoms with Gasteiger partial charge in [0, 0.05) is 36.6 Å². The minimum atomic E-state index is -1.63. The SMILES string of the molecule is CCN1C(C)C2(C(=O)OC(C)(C)OC2=O)C(C)(C)C12C(=O)Nc1ccccc12. The van der Waals surface area contributed by atoms with Crippen molar-refractivity contribution in [1.29, 1.82) is 0 Å². The fourth-order valence-corrected chi connectivity index (χ4v) is 5.91. The van der Waals surface area contributed by atoms with E-state index in [2.05, 4.69) is 5.32 Å². The number of cyclic esters (lactones) is 2. The summed E-state index contributed by atoms with van der Waals surface area (Å²) in [4.78, 5) is 42.3. The molecule has 0 aromatic heterocycles. The molecular weight excluding hydrogens is 360 g/mol. The number of hydrogen-bond donors (Lipinski definition) is 1. The van der Waals surface area contributed by atoms with Crippen LogP contribution in [0.1, 0.15) is 47.1 Å². The van der Waals surface area contributed by atoms with E-state index in [1.54, 1.807) is 20.8 Å². The summed E-state index contributed by atoms with van der Waals surface area (Å²) in [5.41, 5.74) is -2.50. The van der Waals surface area contributed by atoms with Gasteiger partial charge in [0.2, 0.25) is 5.91 Å². The molecule has 2 saturated heterocycles. The molecule has 2 atom stereocenters. The fourth-order valence-electron chi connectivity index (χ4n) is 5.91. The van der Waals surface area contributed by atoms with Crippen molar-refractivity contribution in [3.8, 4) is 0 Å². The molecule has 3 aliphatic heterocycles. The molecule has 1 N–H and O–H groups in total. The summed E-state index contributed by atoms with van der Waals surface area (Å²) in [5, 5.41) is 2.95. The Bertz CT molecular complexity index is 886. The van der Waals surface area contributed by atoms with Gasteiger partial charge in [-0.15, -0.1) is 0 Å². The van der Waals surface area contributed by atoms with Gasteiger partial charge >= 0.3 is 11.9 Å². The van der Waals surface area contributed by atoms with Crippen LogP contribution in [-0.4, -0.2) is 41.1 Å². The van der Waals surface area contributed by atoms with E-state index in [0.29, 0.717) is 12.2 Å². The van der Waals surface area contributed by atoms with Crippen molar-refractivity contribution < 1.29 is 23.9 Å². The number of nitrogens with zero attached hydrogens (tertiary/aromatic N) is 1. The van der Waals surface area contributed by atoms with Gasteiger partial charge in [-0.2, -0.15) is 0 Å². The molecule has 1 aromatic carbocycles. The van der Waals surface area contributed by atoms with Gasteiger partial charge in [0.25, 0.3) is 5.79 Å². The number of esters is 2. The molecule has 0 saturated carbocycles. The Hall–Kier alpha value is -2.41. The van der Waals surface area contributed by atoms with Crippen molar-refractivity contribution in [1.82, 2.24) is 4.90 Å². The van der Waals surface area contributed by atoms with Gasteiger partial charge in [-0.3, -0.25) is 19.3 Å². The van der Waals surface area contributed by atoms with Crippen LogP contribution in [0.15, 0.2) is 24.3 Å². The maximum Gasteiger partial charge on any atom is 0.329 e. The van der Waals surface area contributed by atoms with Gasteiger partial charge < -0.3 is 14.8 Å². The van der Waals surface area contributed by atoms with Crippen LogP contribution in [0.3, 0.4) is 0 Å². The zero-order valence-corrected chi connectivity index (χ0v) is 17.1. The second-order valence-electron chi connectivity index (χ2n) is 8.78. The number of likely N-dealkylation sites (tertiary alicyclic amines) is 1. The highest BCUT2D eigenvalue weighted by atomic mass is 16.7. The van der Waals surface area contributed by atoms with Crippen LogP contribution in [0.25, 0.3) is 0 Å². The summed E-state index contributed by atoms with van der Waals surface area (Å²) in [6.45, 7) is 10.8. The van der Waals surface area contributed by atoms with Crippen LogP contribution in [0.5, 0.6) is 0 Å².